The molecule has 0 saturated heterocycles. The minimum atomic E-state index is -0.922. The highest BCUT2D eigenvalue weighted by atomic mass is 35.5. The Bertz CT molecular complexity index is 1430. The zero-order valence-corrected chi connectivity index (χ0v) is 24.2. The van der Waals surface area contributed by atoms with E-state index < -0.39 is 6.10 Å². The summed E-state index contributed by atoms with van der Waals surface area (Å²) in [6.45, 7) is 10.5. The third kappa shape index (κ3) is 5.96. The van der Waals surface area contributed by atoms with Crippen molar-refractivity contribution in [1.82, 2.24) is 9.47 Å². The Morgan fingerprint density at radius 2 is 1.74 bits per heavy atom. The smallest absolute Gasteiger partial charge is 0.196 e. The fourth-order valence-electron chi connectivity index (χ4n) is 4.61. The van der Waals surface area contributed by atoms with E-state index in [1.165, 1.54) is 17.4 Å². The molecule has 2 aromatic carbocycles. The molecule has 0 bridgehead atoms. The van der Waals surface area contributed by atoms with E-state index in [1.54, 1.807) is 25.4 Å². The number of pyridine rings is 1. The lowest BCUT2D eigenvalue weighted by Crippen LogP contribution is -2.24. The quantitative estimate of drug-likeness (QED) is 0.230. The second kappa shape index (κ2) is 12.9. The summed E-state index contributed by atoms with van der Waals surface area (Å²) in [4.78, 5) is 18.0. The number of hydrogen-bond acceptors (Lipinski definition) is 5. The van der Waals surface area contributed by atoms with Gasteiger partial charge in [-0.25, -0.2) is 4.39 Å². The molecule has 38 heavy (non-hydrogen) atoms. The van der Waals surface area contributed by atoms with E-state index in [2.05, 4.69) is 18.7 Å². The highest BCUT2D eigenvalue weighted by Gasteiger charge is 2.25. The van der Waals surface area contributed by atoms with Gasteiger partial charge >= 0.3 is 0 Å². The molecule has 1 N–H and O–H groups in total. The van der Waals surface area contributed by atoms with Crippen molar-refractivity contribution in [3.8, 4) is 16.2 Å². The number of ether oxygens (including phenoxy) is 1. The summed E-state index contributed by atoms with van der Waals surface area (Å²) >= 11 is 1.54. The van der Waals surface area contributed by atoms with Crippen LogP contribution in [0, 0.1) is 11.7 Å². The standard InChI is InChI=1S/C30H35FN2O3S.ClH/c1-6-32(7-2)17-23-26-28(35)24(27(34)19(3)4)18-33(16-21-10-8-9-11-25(21)31)30(26)37-29(23)20-12-14-22(36-5)15-13-20;/h8-15,18-19,27,34H,6-7,16-17H2,1-5H3;1H. The lowest BCUT2D eigenvalue weighted by molar-refractivity contribution is 0.125. The number of aliphatic hydroxyl groups is 1. The lowest BCUT2D eigenvalue weighted by Gasteiger charge is -2.20. The van der Waals surface area contributed by atoms with Crippen LogP contribution < -0.4 is 10.2 Å². The van der Waals surface area contributed by atoms with Crippen molar-refractivity contribution in [2.24, 2.45) is 5.92 Å². The van der Waals surface area contributed by atoms with Gasteiger partial charge < -0.3 is 14.4 Å². The van der Waals surface area contributed by atoms with Crippen molar-refractivity contribution in [2.45, 2.75) is 46.9 Å². The van der Waals surface area contributed by atoms with Gasteiger partial charge in [0.15, 0.2) is 5.43 Å². The van der Waals surface area contributed by atoms with Gasteiger partial charge in [-0.15, -0.1) is 23.7 Å². The second-order valence-corrected chi connectivity index (χ2v) is 10.6. The molecule has 204 valence electrons. The molecular weight excluding hydrogens is 523 g/mol. The number of aliphatic hydroxyl groups excluding tert-OH is 1. The molecule has 8 heteroatoms. The number of hydrogen-bond donors (Lipinski definition) is 1. The van der Waals surface area contributed by atoms with Crippen LogP contribution in [-0.2, 0) is 13.1 Å². The maximum absolute atomic E-state index is 14.7. The van der Waals surface area contributed by atoms with E-state index >= 15 is 0 Å². The van der Waals surface area contributed by atoms with Crippen molar-refractivity contribution in [3.05, 3.63) is 87.5 Å². The summed E-state index contributed by atoms with van der Waals surface area (Å²) in [5.41, 5.74) is 2.66. The molecule has 4 aromatic rings. The molecule has 0 radical (unpaired) electrons. The Morgan fingerprint density at radius 3 is 2.32 bits per heavy atom. The Kier molecular flexibility index (Phi) is 10.1. The van der Waals surface area contributed by atoms with Crippen LogP contribution in [0.3, 0.4) is 0 Å². The topological polar surface area (TPSA) is 54.7 Å². The SMILES string of the molecule is CCN(CC)Cc1c(-c2ccc(OC)cc2)sc2c1c(=O)c(C(O)C(C)C)cn2Cc1ccccc1F.Cl. The van der Waals surface area contributed by atoms with Crippen LogP contribution in [0.4, 0.5) is 4.39 Å². The monoisotopic (exact) mass is 558 g/mol. The fourth-order valence-corrected chi connectivity index (χ4v) is 5.90. The number of methoxy groups -OCH3 is 1. The fraction of sp³-hybridized carbons (Fsp3) is 0.367. The molecular formula is C30H36ClFN2O3S. The predicted molar refractivity (Wildman–Crippen MR) is 157 cm³/mol. The number of rotatable bonds is 10. The van der Waals surface area contributed by atoms with E-state index in [4.69, 9.17) is 4.74 Å². The lowest BCUT2D eigenvalue weighted by atomic mass is 9.97. The van der Waals surface area contributed by atoms with Gasteiger partial charge in [-0.2, -0.15) is 0 Å². The number of benzene rings is 2. The Hall–Kier alpha value is -2.71. The maximum atomic E-state index is 14.7. The van der Waals surface area contributed by atoms with Gasteiger partial charge in [0.2, 0.25) is 0 Å². The molecule has 1 unspecified atom stereocenters. The third-order valence-electron chi connectivity index (χ3n) is 6.91. The summed E-state index contributed by atoms with van der Waals surface area (Å²) < 4.78 is 22.0. The van der Waals surface area contributed by atoms with Crippen LogP contribution >= 0.6 is 23.7 Å². The van der Waals surface area contributed by atoms with E-state index in [0.717, 1.165) is 39.7 Å². The molecule has 1 atom stereocenters. The van der Waals surface area contributed by atoms with Crippen molar-refractivity contribution in [1.29, 1.82) is 0 Å². The van der Waals surface area contributed by atoms with Crippen molar-refractivity contribution in [3.63, 3.8) is 0 Å². The van der Waals surface area contributed by atoms with E-state index in [-0.39, 0.29) is 36.1 Å². The predicted octanol–water partition coefficient (Wildman–Crippen LogP) is 6.88. The summed E-state index contributed by atoms with van der Waals surface area (Å²) in [5.74, 6) is 0.324. The van der Waals surface area contributed by atoms with Crippen LogP contribution in [0.2, 0.25) is 0 Å². The first-order valence-electron chi connectivity index (χ1n) is 12.8. The van der Waals surface area contributed by atoms with Crippen molar-refractivity contribution < 1.29 is 14.2 Å². The number of aromatic nitrogens is 1. The van der Waals surface area contributed by atoms with Gasteiger partial charge in [-0.3, -0.25) is 9.69 Å². The summed E-state index contributed by atoms with van der Waals surface area (Å²) in [6.07, 6.45) is 0.798. The maximum Gasteiger partial charge on any atom is 0.196 e. The van der Waals surface area contributed by atoms with Gasteiger partial charge in [0, 0.05) is 28.7 Å². The third-order valence-corrected chi connectivity index (χ3v) is 8.23. The number of halogens is 2. The van der Waals surface area contributed by atoms with Crippen LogP contribution in [-0.4, -0.2) is 34.8 Å². The average Bonchev–Trinajstić information content (AvgIpc) is 3.29. The van der Waals surface area contributed by atoms with Gasteiger partial charge in [0.1, 0.15) is 16.4 Å². The summed E-state index contributed by atoms with van der Waals surface area (Å²) in [6, 6.07) is 14.5. The van der Waals surface area contributed by atoms with Crippen LogP contribution in [0.1, 0.15) is 50.5 Å². The molecule has 0 aliphatic heterocycles. The summed E-state index contributed by atoms with van der Waals surface area (Å²) in [7, 11) is 1.64. The van der Waals surface area contributed by atoms with Gasteiger partial charge in [0.05, 0.1) is 25.1 Å². The number of thiophene rings is 1. The first kappa shape index (κ1) is 29.8. The van der Waals surface area contributed by atoms with E-state index in [1.807, 2.05) is 48.7 Å². The normalized spacial score (nSPS) is 12.2. The van der Waals surface area contributed by atoms with E-state index in [9.17, 15) is 14.3 Å². The average molecular weight is 559 g/mol. The van der Waals surface area contributed by atoms with Crippen molar-refractivity contribution in [2.75, 3.05) is 20.2 Å². The Labute approximate surface area is 233 Å². The molecule has 0 aliphatic rings. The van der Waals surface area contributed by atoms with Gasteiger partial charge in [0.25, 0.3) is 0 Å². The molecule has 5 nitrogen and oxygen atoms in total. The highest BCUT2D eigenvalue weighted by Crippen LogP contribution is 2.40. The zero-order valence-electron chi connectivity index (χ0n) is 22.5. The Morgan fingerprint density at radius 1 is 1.08 bits per heavy atom. The largest absolute Gasteiger partial charge is 0.497 e. The highest BCUT2D eigenvalue weighted by molar-refractivity contribution is 7.22. The molecule has 0 spiro atoms. The first-order chi connectivity index (χ1) is 17.8. The molecule has 2 aromatic heterocycles. The molecule has 0 saturated carbocycles. The van der Waals surface area contributed by atoms with Crippen molar-refractivity contribution >= 4 is 34.0 Å². The van der Waals surface area contributed by atoms with Crippen LogP contribution in [0.25, 0.3) is 20.7 Å². The van der Waals surface area contributed by atoms with Crippen LogP contribution in [0.5, 0.6) is 5.75 Å². The molecule has 0 amide bonds. The zero-order chi connectivity index (χ0) is 26.7. The molecule has 0 aliphatic carbocycles. The number of fused-ring (bicyclic) bond motifs is 1. The number of nitrogens with zero attached hydrogens (tertiary/aromatic N) is 2. The van der Waals surface area contributed by atoms with Gasteiger partial charge in [-0.1, -0.05) is 45.9 Å². The minimum absolute atomic E-state index is 0. The van der Waals surface area contributed by atoms with Gasteiger partial charge in [-0.05, 0) is 60.5 Å². The first-order valence-corrected chi connectivity index (χ1v) is 13.6. The molecule has 2 heterocycles. The molecule has 0 fully saturated rings. The Balaban J connectivity index is 0.00000400. The minimum Gasteiger partial charge on any atom is -0.497 e. The van der Waals surface area contributed by atoms with Crippen LogP contribution in [0.15, 0.2) is 59.5 Å². The summed E-state index contributed by atoms with van der Waals surface area (Å²) in [5, 5.41) is 11.6. The van der Waals surface area contributed by atoms with E-state index in [0.29, 0.717) is 23.1 Å². The molecule has 4 rings (SSSR count). The second-order valence-electron chi connectivity index (χ2n) is 9.60.